The molecule has 0 aliphatic carbocycles. The number of amides is 2. The summed E-state index contributed by atoms with van der Waals surface area (Å²) >= 11 is 0. The number of ketones is 1. The van der Waals surface area contributed by atoms with Crippen LogP contribution in [0.3, 0.4) is 0 Å². The molecule has 1 aromatic carbocycles. The van der Waals surface area contributed by atoms with E-state index in [-0.39, 0.29) is 23.4 Å². The van der Waals surface area contributed by atoms with Crippen molar-refractivity contribution in [1.82, 2.24) is 25.1 Å². The number of carbonyl (C=O) groups excluding carboxylic acids is 3. The fourth-order valence-electron chi connectivity index (χ4n) is 4.07. The molecule has 0 spiro atoms. The molecule has 3 rings (SSSR count). The van der Waals surface area contributed by atoms with Crippen molar-refractivity contribution in [3.8, 4) is 0 Å². The number of Topliss-reactive ketones (excluding diaryl/α,β-unsaturated/α-hetero) is 1. The molecule has 0 saturated carbocycles. The molecule has 0 radical (unpaired) electrons. The van der Waals surface area contributed by atoms with Gasteiger partial charge in [-0.15, -0.1) is 10.2 Å². The van der Waals surface area contributed by atoms with E-state index in [2.05, 4.69) is 30.6 Å². The van der Waals surface area contributed by atoms with Gasteiger partial charge in [0.05, 0.1) is 24.8 Å². The van der Waals surface area contributed by atoms with Crippen molar-refractivity contribution in [2.24, 2.45) is 5.92 Å². The van der Waals surface area contributed by atoms with Crippen LogP contribution in [0.5, 0.6) is 0 Å². The summed E-state index contributed by atoms with van der Waals surface area (Å²) < 4.78 is 11.5. The van der Waals surface area contributed by atoms with Crippen LogP contribution in [-0.4, -0.2) is 50.7 Å². The molecule has 1 atom stereocenters. The van der Waals surface area contributed by atoms with E-state index in [1.54, 1.807) is 13.8 Å². The maximum absolute atomic E-state index is 13.4. The molecule has 0 saturated heterocycles. The van der Waals surface area contributed by atoms with Gasteiger partial charge in [0.25, 0.3) is 11.4 Å². The minimum Gasteiger partial charge on any atom is -0.453 e. The predicted octanol–water partition coefficient (Wildman–Crippen LogP) is 3.45. The van der Waals surface area contributed by atoms with E-state index >= 15 is 0 Å². The lowest BCUT2D eigenvalue weighted by molar-refractivity contribution is -0.122. The number of nitrogens with zero attached hydrogens (tertiary/aromatic N) is 4. The molecule has 2 amide bonds. The van der Waals surface area contributed by atoms with Gasteiger partial charge < -0.3 is 14.5 Å². The van der Waals surface area contributed by atoms with Gasteiger partial charge in [-0.3, -0.25) is 24.3 Å². The zero-order chi connectivity index (χ0) is 29.8. The molecule has 2 aromatic heterocycles. The number of methoxy groups -OCH3 is 1. The number of hydrogen-bond donors (Lipinski definition) is 2. The van der Waals surface area contributed by atoms with Gasteiger partial charge in [-0.25, -0.2) is 9.78 Å². The summed E-state index contributed by atoms with van der Waals surface area (Å²) in [5.74, 6) is -1.14. The standard InChI is InChI=1S/C28H36N6O6/c1-16(2)20(21(36)22-32-33-25(40-22)28(6,7)17-12-10-9-11-13-17)31-19(35)15-34-23(37)18(30-26(38)39-8)14-29-24(34)27(3,4)5/h9-14,16,20H,15H2,1-8H3,(H,30,38)(H,31,35)/t20-/m0/s1. The van der Waals surface area contributed by atoms with Gasteiger partial charge >= 0.3 is 6.09 Å². The van der Waals surface area contributed by atoms with E-state index in [1.807, 2.05) is 65.0 Å². The topological polar surface area (TPSA) is 158 Å². The quantitative estimate of drug-likeness (QED) is 0.379. The lowest BCUT2D eigenvalue weighted by Gasteiger charge is -2.24. The third-order valence-electron chi connectivity index (χ3n) is 6.37. The van der Waals surface area contributed by atoms with E-state index in [0.717, 1.165) is 17.2 Å². The number of hydrogen-bond acceptors (Lipinski definition) is 9. The van der Waals surface area contributed by atoms with E-state index in [0.29, 0.717) is 5.82 Å². The number of rotatable bonds is 9. The van der Waals surface area contributed by atoms with Crippen molar-refractivity contribution in [1.29, 1.82) is 0 Å². The zero-order valence-electron chi connectivity index (χ0n) is 24.1. The van der Waals surface area contributed by atoms with Crippen molar-refractivity contribution in [2.45, 2.75) is 71.9 Å². The first kappa shape index (κ1) is 30.2. The molecule has 0 bridgehead atoms. The molecule has 0 aliphatic rings. The van der Waals surface area contributed by atoms with E-state index in [1.165, 1.54) is 6.20 Å². The zero-order valence-corrected chi connectivity index (χ0v) is 24.1. The highest BCUT2D eigenvalue weighted by molar-refractivity contribution is 5.98. The van der Waals surface area contributed by atoms with Gasteiger partial charge in [0.1, 0.15) is 18.1 Å². The first-order valence-corrected chi connectivity index (χ1v) is 12.8. The third-order valence-corrected chi connectivity index (χ3v) is 6.37. The molecular formula is C28H36N6O6. The van der Waals surface area contributed by atoms with Crippen molar-refractivity contribution in [3.05, 3.63) is 70.1 Å². The van der Waals surface area contributed by atoms with Crippen molar-refractivity contribution < 1.29 is 23.5 Å². The second-order valence-electron chi connectivity index (χ2n) is 11.3. The molecule has 12 heteroatoms. The largest absolute Gasteiger partial charge is 0.453 e. The summed E-state index contributed by atoms with van der Waals surface area (Å²) in [5, 5.41) is 13.1. The Morgan fingerprint density at radius 3 is 2.27 bits per heavy atom. The van der Waals surface area contributed by atoms with Crippen LogP contribution < -0.4 is 16.2 Å². The molecule has 0 unspecified atom stereocenters. The van der Waals surface area contributed by atoms with E-state index in [9.17, 15) is 19.2 Å². The second-order valence-corrected chi connectivity index (χ2v) is 11.3. The van der Waals surface area contributed by atoms with Crippen LogP contribution in [0.1, 0.15) is 76.4 Å². The highest BCUT2D eigenvalue weighted by atomic mass is 16.5. The first-order chi connectivity index (χ1) is 18.7. The number of aromatic nitrogens is 4. The van der Waals surface area contributed by atoms with Gasteiger partial charge in [0, 0.05) is 5.41 Å². The maximum atomic E-state index is 13.4. The number of benzene rings is 1. The molecule has 3 aromatic rings. The van der Waals surface area contributed by atoms with Crippen LogP contribution >= 0.6 is 0 Å². The molecule has 214 valence electrons. The van der Waals surface area contributed by atoms with E-state index < -0.39 is 46.8 Å². The summed E-state index contributed by atoms with van der Waals surface area (Å²) in [5.41, 5.74) is -1.11. The SMILES string of the molecule is COC(=O)Nc1cnc(C(C)(C)C)n(CC(=O)N[C@H](C(=O)c2nnc(C(C)(C)c3ccccc3)o2)C(C)C)c1=O. The smallest absolute Gasteiger partial charge is 0.411 e. The predicted molar refractivity (Wildman–Crippen MR) is 147 cm³/mol. The van der Waals surface area contributed by atoms with Crippen molar-refractivity contribution >= 4 is 23.5 Å². The van der Waals surface area contributed by atoms with Crippen LogP contribution in [0, 0.1) is 5.92 Å². The summed E-state index contributed by atoms with van der Waals surface area (Å²) in [6, 6.07) is 8.56. The number of carbonyl (C=O) groups is 3. The number of ether oxygens (including phenoxy) is 1. The summed E-state index contributed by atoms with van der Waals surface area (Å²) in [7, 11) is 1.16. The van der Waals surface area contributed by atoms with Gasteiger partial charge in [-0.05, 0) is 25.3 Å². The van der Waals surface area contributed by atoms with Crippen molar-refractivity contribution in [3.63, 3.8) is 0 Å². The van der Waals surface area contributed by atoms with Gasteiger partial charge in [-0.1, -0.05) is 65.0 Å². The molecular weight excluding hydrogens is 516 g/mol. The fourth-order valence-corrected chi connectivity index (χ4v) is 4.07. The van der Waals surface area contributed by atoms with Crippen LogP contribution in [0.2, 0.25) is 0 Å². The van der Waals surface area contributed by atoms with Crippen LogP contribution in [0.25, 0.3) is 0 Å². The van der Waals surface area contributed by atoms with E-state index in [4.69, 9.17) is 4.42 Å². The molecule has 2 heterocycles. The second kappa shape index (κ2) is 11.8. The highest BCUT2D eigenvalue weighted by Gasteiger charge is 2.34. The Hall–Kier alpha value is -4.35. The number of anilines is 1. The van der Waals surface area contributed by atoms with Gasteiger partial charge in [-0.2, -0.15) is 0 Å². The Balaban J connectivity index is 1.86. The Labute approximate surface area is 232 Å². The highest BCUT2D eigenvalue weighted by Crippen LogP contribution is 2.30. The fraction of sp³-hybridized carbons (Fsp3) is 0.464. The average molecular weight is 553 g/mol. The Morgan fingerprint density at radius 2 is 1.70 bits per heavy atom. The normalized spacial score (nSPS) is 12.6. The lowest BCUT2D eigenvalue weighted by Crippen LogP contribution is -2.47. The monoisotopic (exact) mass is 552 g/mol. The minimum absolute atomic E-state index is 0.149. The summed E-state index contributed by atoms with van der Waals surface area (Å²) in [6.07, 6.45) is 0.372. The van der Waals surface area contributed by atoms with Crippen LogP contribution in [0.15, 0.2) is 45.7 Å². The van der Waals surface area contributed by atoms with Crippen LogP contribution in [-0.2, 0) is 26.9 Å². The average Bonchev–Trinajstić information content (AvgIpc) is 3.40. The molecule has 2 N–H and O–H groups in total. The lowest BCUT2D eigenvalue weighted by atomic mass is 9.85. The molecule has 40 heavy (non-hydrogen) atoms. The van der Waals surface area contributed by atoms with Crippen molar-refractivity contribution in [2.75, 3.05) is 12.4 Å². The first-order valence-electron chi connectivity index (χ1n) is 12.8. The summed E-state index contributed by atoms with van der Waals surface area (Å²) in [6.45, 7) is 12.4. The Bertz CT molecular complexity index is 1440. The Kier molecular flexibility index (Phi) is 8.91. The van der Waals surface area contributed by atoms with Crippen LogP contribution in [0.4, 0.5) is 10.5 Å². The maximum Gasteiger partial charge on any atom is 0.411 e. The molecule has 12 nitrogen and oxygen atoms in total. The Morgan fingerprint density at radius 1 is 1.05 bits per heavy atom. The summed E-state index contributed by atoms with van der Waals surface area (Å²) in [4.78, 5) is 55.8. The third kappa shape index (κ3) is 6.61. The molecule has 0 aliphatic heterocycles. The van der Waals surface area contributed by atoms with Gasteiger partial charge in [0.15, 0.2) is 0 Å². The number of nitrogens with one attached hydrogen (secondary N) is 2. The molecule has 0 fully saturated rings. The van der Waals surface area contributed by atoms with Gasteiger partial charge in [0.2, 0.25) is 17.6 Å². The minimum atomic E-state index is -1.00.